The summed E-state index contributed by atoms with van der Waals surface area (Å²) in [5.41, 5.74) is 2.65. The van der Waals surface area contributed by atoms with Gasteiger partial charge in [-0.25, -0.2) is 0 Å². The molecule has 0 saturated carbocycles. The van der Waals surface area contributed by atoms with E-state index in [4.69, 9.17) is 6.57 Å². The number of H-pyrrole nitrogens is 1. The monoisotopic (exact) mass is 354 g/mol. The summed E-state index contributed by atoms with van der Waals surface area (Å²) in [7, 11) is 0. The predicted octanol–water partition coefficient (Wildman–Crippen LogP) is 5.52. The fraction of sp³-hybridized carbons (Fsp3) is 0.105. The number of aromatic nitrogens is 3. The minimum absolute atomic E-state index is 0.170. The zero-order chi connectivity index (χ0) is 18.7. The second-order valence-corrected chi connectivity index (χ2v) is 5.70. The van der Waals surface area contributed by atoms with E-state index in [2.05, 4.69) is 20.3 Å². The Morgan fingerprint density at radius 2 is 1.81 bits per heavy atom. The van der Waals surface area contributed by atoms with E-state index < -0.39 is 11.7 Å². The highest BCUT2D eigenvalue weighted by molar-refractivity contribution is 5.77. The summed E-state index contributed by atoms with van der Waals surface area (Å²) in [6, 6.07) is 10.7. The summed E-state index contributed by atoms with van der Waals surface area (Å²) < 4.78 is 38.4. The van der Waals surface area contributed by atoms with Gasteiger partial charge in [0.25, 0.3) is 0 Å². The number of hydrogen-bond acceptors (Lipinski definition) is 2. The first-order chi connectivity index (χ1) is 12.4. The summed E-state index contributed by atoms with van der Waals surface area (Å²) in [6.07, 6.45) is -1.03. The molecule has 0 unspecified atom stereocenters. The quantitative estimate of drug-likeness (QED) is 0.497. The van der Waals surface area contributed by atoms with Crippen molar-refractivity contribution in [3.8, 4) is 11.3 Å². The molecule has 0 aliphatic rings. The molecule has 26 heavy (non-hydrogen) atoms. The van der Waals surface area contributed by atoms with Crippen LogP contribution in [0.5, 0.6) is 0 Å². The van der Waals surface area contributed by atoms with Gasteiger partial charge in [0.1, 0.15) is 5.69 Å². The lowest BCUT2D eigenvalue weighted by molar-refractivity contribution is -0.137. The number of nitrogens with one attached hydrogen (secondary N) is 1. The molecule has 1 N–H and O–H groups in total. The molecule has 1 heterocycles. The average molecular weight is 354 g/mol. The Hall–Kier alpha value is -3.40. The first-order valence-corrected chi connectivity index (χ1v) is 7.62. The van der Waals surface area contributed by atoms with Crippen LogP contribution in [-0.4, -0.2) is 15.4 Å². The molecule has 1 aromatic heterocycles. The Labute approximate surface area is 147 Å². The van der Waals surface area contributed by atoms with Gasteiger partial charge in [-0.05, 0) is 52.5 Å². The van der Waals surface area contributed by atoms with Crippen LogP contribution in [0.15, 0.2) is 42.5 Å². The van der Waals surface area contributed by atoms with Gasteiger partial charge in [0, 0.05) is 0 Å². The Morgan fingerprint density at radius 1 is 1.04 bits per heavy atom. The topological polar surface area (TPSA) is 45.9 Å². The largest absolute Gasteiger partial charge is 0.416 e. The van der Waals surface area contributed by atoms with Gasteiger partial charge in [0.2, 0.25) is 0 Å². The van der Waals surface area contributed by atoms with Gasteiger partial charge in [-0.2, -0.15) is 13.2 Å². The molecule has 0 spiro atoms. The van der Waals surface area contributed by atoms with E-state index in [1.54, 1.807) is 18.2 Å². The van der Waals surface area contributed by atoms with E-state index >= 15 is 0 Å². The van der Waals surface area contributed by atoms with Crippen LogP contribution in [0, 0.1) is 13.5 Å². The van der Waals surface area contributed by atoms with Gasteiger partial charge in [0.15, 0.2) is 0 Å². The Kier molecular flexibility index (Phi) is 4.59. The molecule has 7 heteroatoms. The van der Waals surface area contributed by atoms with Crippen LogP contribution in [0.1, 0.15) is 22.3 Å². The van der Waals surface area contributed by atoms with Gasteiger partial charge in [-0.15, -0.1) is 10.3 Å². The van der Waals surface area contributed by atoms with Crippen LogP contribution >= 0.6 is 0 Å². The summed E-state index contributed by atoms with van der Waals surface area (Å²) in [4.78, 5) is 3.31. The number of halogens is 3. The van der Waals surface area contributed by atoms with E-state index in [1.807, 2.05) is 25.1 Å². The van der Waals surface area contributed by atoms with E-state index in [0.29, 0.717) is 16.8 Å². The highest BCUT2D eigenvalue weighted by Gasteiger charge is 2.30. The molecule has 0 amide bonds. The molecule has 0 saturated heterocycles. The van der Waals surface area contributed by atoms with Crippen molar-refractivity contribution in [2.24, 2.45) is 0 Å². The summed E-state index contributed by atoms with van der Waals surface area (Å²) in [6.45, 7) is 9.01. The number of alkyl halides is 3. The van der Waals surface area contributed by atoms with Crippen molar-refractivity contribution in [1.82, 2.24) is 15.4 Å². The van der Waals surface area contributed by atoms with Crippen molar-refractivity contribution >= 4 is 18.0 Å². The highest BCUT2D eigenvalue weighted by atomic mass is 19.4. The molecule has 3 rings (SSSR count). The molecule has 4 nitrogen and oxygen atoms in total. The van der Waals surface area contributed by atoms with E-state index in [1.165, 1.54) is 6.07 Å². The van der Waals surface area contributed by atoms with Crippen LogP contribution in [-0.2, 0) is 6.18 Å². The van der Waals surface area contributed by atoms with Crippen LogP contribution in [0.25, 0.3) is 28.3 Å². The molecule has 130 valence electrons. The zero-order valence-corrected chi connectivity index (χ0v) is 13.7. The number of hydrogen-bond donors (Lipinski definition) is 1. The van der Waals surface area contributed by atoms with Crippen LogP contribution < -0.4 is 0 Å². The number of aromatic amines is 1. The molecule has 0 bridgehead atoms. The second-order valence-electron chi connectivity index (χ2n) is 5.70. The normalized spacial score (nSPS) is 11.7. The average Bonchev–Trinajstić information content (AvgIpc) is 3.08. The van der Waals surface area contributed by atoms with Crippen molar-refractivity contribution in [2.75, 3.05) is 0 Å². The molecule has 0 atom stereocenters. The van der Waals surface area contributed by atoms with Crippen LogP contribution in [0.2, 0.25) is 0 Å². The van der Waals surface area contributed by atoms with E-state index in [0.717, 1.165) is 23.3 Å². The first kappa shape index (κ1) is 17.4. The lowest BCUT2D eigenvalue weighted by Crippen LogP contribution is -2.04. The molecule has 0 aliphatic heterocycles. The number of nitrogens with zero attached hydrogens (tertiary/aromatic N) is 3. The molecule has 3 aromatic rings. The lowest BCUT2D eigenvalue weighted by atomic mass is 10.0. The van der Waals surface area contributed by atoms with E-state index in [-0.39, 0.29) is 5.82 Å². The SMILES string of the molecule is [C-]#[N+]c1n[nH]nc1-c1cc(C)cc(/C=C/c2cccc(C(F)(F)F)c2)c1. The smallest absolute Gasteiger partial charge is 0.357 e. The molecule has 2 aromatic carbocycles. The zero-order valence-electron chi connectivity index (χ0n) is 13.7. The molecule has 0 fully saturated rings. The molecular formula is C19H13F3N4. The Balaban J connectivity index is 1.94. The summed E-state index contributed by atoms with van der Waals surface area (Å²) >= 11 is 0. The maximum atomic E-state index is 12.8. The lowest BCUT2D eigenvalue weighted by Gasteiger charge is -2.07. The minimum atomic E-state index is -4.37. The number of benzene rings is 2. The molecule has 0 radical (unpaired) electrons. The van der Waals surface area contributed by atoms with Crippen molar-refractivity contribution in [2.45, 2.75) is 13.1 Å². The molecule has 0 aliphatic carbocycles. The van der Waals surface area contributed by atoms with Crippen molar-refractivity contribution in [3.05, 3.63) is 76.1 Å². The summed E-state index contributed by atoms with van der Waals surface area (Å²) in [5, 5.41) is 10.2. The fourth-order valence-electron chi connectivity index (χ4n) is 2.55. The van der Waals surface area contributed by atoms with Crippen LogP contribution in [0.3, 0.4) is 0 Å². The van der Waals surface area contributed by atoms with Gasteiger partial charge >= 0.3 is 12.0 Å². The van der Waals surface area contributed by atoms with Gasteiger partial charge in [0.05, 0.1) is 5.56 Å². The number of rotatable bonds is 3. The third-order valence-electron chi connectivity index (χ3n) is 3.69. The van der Waals surface area contributed by atoms with Crippen molar-refractivity contribution in [3.63, 3.8) is 0 Å². The highest BCUT2D eigenvalue weighted by Crippen LogP contribution is 2.30. The number of aryl methyl sites for hydroxylation is 1. The molecular weight excluding hydrogens is 341 g/mol. The third kappa shape index (κ3) is 3.81. The maximum Gasteiger partial charge on any atom is 0.416 e. The standard InChI is InChI=1S/C19H13F3N4/c1-12-8-14(10-15(9-12)17-18(23-2)25-26-24-17)7-6-13-4-3-5-16(11-13)19(20,21)22/h3-11H,1H3,(H,24,25,26)/b7-6+. The van der Waals surface area contributed by atoms with Gasteiger partial charge < -0.3 is 4.85 Å². The maximum absolute atomic E-state index is 12.8. The fourth-order valence-corrected chi connectivity index (χ4v) is 2.55. The second kappa shape index (κ2) is 6.84. The Bertz CT molecular complexity index is 1010. The first-order valence-electron chi connectivity index (χ1n) is 7.62. The summed E-state index contributed by atoms with van der Waals surface area (Å²) in [5.74, 6) is 0.170. The van der Waals surface area contributed by atoms with Crippen molar-refractivity contribution < 1.29 is 13.2 Å². The van der Waals surface area contributed by atoms with E-state index in [9.17, 15) is 13.2 Å². The predicted molar refractivity (Wildman–Crippen MR) is 93.2 cm³/mol. The van der Waals surface area contributed by atoms with Gasteiger partial charge in [-0.1, -0.05) is 43.0 Å². The van der Waals surface area contributed by atoms with Gasteiger partial charge in [-0.3, -0.25) is 0 Å². The minimum Gasteiger partial charge on any atom is -0.357 e. The van der Waals surface area contributed by atoms with Crippen molar-refractivity contribution in [1.29, 1.82) is 0 Å². The van der Waals surface area contributed by atoms with Crippen LogP contribution in [0.4, 0.5) is 19.0 Å². The third-order valence-corrected chi connectivity index (χ3v) is 3.69. The Morgan fingerprint density at radius 3 is 2.54 bits per heavy atom.